The summed E-state index contributed by atoms with van der Waals surface area (Å²) in [5, 5.41) is 10.2. The molecular weight excluding hydrogens is 176 g/mol. The number of H-pyrrole nitrogens is 1. The normalized spacial score (nSPS) is 25.4. The Morgan fingerprint density at radius 1 is 1.64 bits per heavy atom. The molecule has 0 amide bonds. The molecule has 1 unspecified atom stereocenters. The van der Waals surface area contributed by atoms with Crippen LogP contribution in [0.15, 0.2) is 6.33 Å². The van der Waals surface area contributed by atoms with Crippen molar-refractivity contribution in [3.05, 3.63) is 12.2 Å². The fraction of sp³-hybridized carbons (Fsp3) is 0.800. The van der Waals surface area contributed by atoms with E-state index in [9.17, 15) is 0 Å². The van der Waals surface area contributed by atoms with Gasteiger partial charge in [0.15, 0.2) is 0 Å². The number of hydrogen-bond acceptors (Lipinski definition) is 3. The summed E-state index contributed by atoms with van der Waals surface area (Å²) in [5.41, 5.74) is 0.513. The van der Waals surface area contributed by atoms with Crippen LogP contribution in [0.4, 0.5) is 0 Å². The minimum atomic E-state index is 0.513. The zero-order chi connectivity index (χ0) is 10.0. The second-order valence-corrected chi connectivity index (χ2v) is 4.92. The van der Waals surface area contributed by atoms with Crippen molar-refractivity contribution in [2.24, 2.45) is 5.41 Å². The van der Waals surface area contributed by atoms with Crippen LogP contribution in [-0.4, -0.2) is 21.2 Å². The molecule has 1 aromatic heterocycles. The molecule has 1 heterocycles. The Morgan fingerprint density at radius 3 is 3.07 bits per heavy atom. The minimum absolute atomic E-state index is 0.513. The van der Waals surface area contributed by atoms with Crippen LogP contribution in [0.25, 0.3) is 0 Å². The van der Waals surface area contributed by atoms with E-state index in [0.29, 0.717) is 11.5 Å². The lowest BCUT2D eigenvalue weighted by Gasteiger charge is -2.17. The molecule has 2 N–H and O–H groups in total. The predicted molar refractivity (Wildman–Crippen MR) is 54.6 cm³/mol. The number of hydrogen-bond donors (Lipinski definition) is 2. The fourth-order valence-corrected chi connectivity index (χ4v) is 2.17. The molecule has 1 saturated carbocycles. The Balaban J connectivity index is 1.78. The third-order valence-electron chi connectivity index (χ3n) is 2.99. The topological polar surface area (TPSA) is 53.6 Å². The number of rotatable bonds is 3. The van der Waals surface area contributed by atoms with E-state index in [1.807, 2.05) is 0 Å². The van der Waals surface area contributed by atoms with Crippen molar-refractivity contribution in [1.82, 2.24) is 20.5 Å². The zero-order valence-corrected chi connectivity index (χ0v) is 8.88. The van der Waals surface area contributed by atoms with Crippen molar-refractivity contribution in [2.45, 2.75) is 45.7 Å². The highest BCUT2D eigenvalue weighted by Crippen LogP contribution is 2.36. The molecule has 78 valence electrons. The molecule has 1 aliphatic carbocycles. The summed E-state index contributed by atoms with van der Waals surface area (Å²) < 4.78 is 0. The Hall–Kier alpha value is -0.900. The summed E-state index contributed by atoms with van der Waals surface area (Å²) in [5.74, 6) is 0.926. The highest BCUT2D eigenvalue weighted by Gasteiger charge is 2.30. The van der Waals surface area contributed by atoms with Crippen LogP contribution in [0.3, 0.4) is 0 Å². The van der Waals surface area contributed by atoms with E-state index in [-0.39, 0.29) is 0 Å². The Bertz CT molecular complexity index is 278. The van der Waals surface area contributed by atoms with Gasteiger partial charge in [-0.2, -0.15) is 5.10 Å². The zero-order valence-electron chi connectivity index (χ0n) is 8.88. The average molecular weight is 194 g/mol. The Labute approximate surface area is 84.5 Å². The number of aromatic amines is 1. The molecular formula is C10H18N4. The van der Waals surface area contributed by atoms with Crippen LogP contribution >= 0.6 is 0 Å². The van der Waals surface area contributed by atoms with Gasteiger partial charge < -0.3 is 5.32 Å². The maximum Gasteiger partial charge on any atom is 0.138 e. The van der Waals surface area contributed by atoms with Crippen LogP contribution in [0.5, 0.6) is 0 Å². The molecule has 1 aliphatic rings. The number of aromatic nitrogens is 3. The fourth-order valence-electron chi connectivity index (χ4n) is 2.17. The van der Waals surface area contributed by atoms with E-state index in [1.165, 1.54) is 19.3 Å². The van der Waals surface area contributed by atoms with Crippen LogP contribution in [0.1, 0.15) is 38.9 Å². The third-order valence-corrected chi connectivity index (χ3v) is 2.99. The maximum atomic E-state index is 4.08. The van der Waals surface area contributed by atoms with Crippen LogP contribution in [0.2, 0.25) is 0 Å². The van der Waals surface area contributed by atoms with Gasteiger partial charge in [0, 0.05) is 6.04 Å². The lowest BCUT2D eigenvalue weighted by molar-refractivity contribution is 0.363. The van der Waals surface area contributed by atoms with Gasteiger partial charge in [0.25, 0.3) is 0 Å². The molecule has 1 aromatic rings. The highest BCUT2D eigenvalue weighted by atomic mass is 15.2. The third kappa shape index (κ3) is 2.32. The Morgan fingerprint density at radius 2 is 2.50 bits per heavy atom. The predicted octanol–water partition coefficient (Wildman–Crippen LogP) is 1.47. The van der Waals surface area contributed by atoms with E-state index in [0.717, 1.165) is 12.4 Å². The van der Waals surface area contributed by atoms with Gasteiger partial charge in [-0.05, 0) is 24.7 Å². The standard InChI is InChI=1S/C10H18N4/c1-10(2)4-3-8(5-10)11-6-9-12-7-13-14-9/h7-8,11H,3-6H2,1-2H3,(H,12,13,14). The summed E-state index contributed by atoms with van der Waals surface area (Å²) >= 11 is 0. The molecule has 0 saturated heterocycles. The average Bonchev–Trinajstić information content (AvgIpc) is 2.70. The maximum absolute atomic E-state index is 4.08. The van der Waals surface area contributed by atoms with E-state index >= 15 is 0 Å². The molecule has 14 heavy (non-hydrogen) atoms. The molecule has 1 fully saturated rings. The lowest BCUT2D eigenvalue weighted by Crippen LogP contribution is -2.27. The van der Waals surface area contributed by atoms with Gasteiger partial charge in [-0.3, -0.25) is 5.10 Å². The smallest absolute Gasteiger partial charge is 0.138 e. The second-order valence-electron chi connectivity index (χ2n) is 4.92. The van der Waals surface area contributed by atoms with Crippen LogP contribution < -0.4 is 5.32 Å². The van der Waals surface area contributed by atoms with E-state index < -0.39 is 0 Å². The molecule has 0 aromatic carbocycles. The minimum Gasteiger partial charge on any atom is -0.307 e. The van der Waals surface area contributed by atoms with Crippen molar-refractivity contribution in [3.63, 3.8) is 0 Å². The first-order chi connectivity index (χ1) is 6.66. The molecule has 0 radical (unpaired) electrons. The largest absolute Gasteiger partial charge is 0.307 e. The monoisotopic (exact) mass is 194 g/mol. The van der Waals surface area contributed by atoms with Gasteiger partial charge in [0.1, 0.15) is 12.2 Å². The molecule has 4 heteroatoms. The van der Waals surface area contributed by atoms with Gasteiger partial charge in [0.05, 0.1) is 6.54 Å². The second kappa shape index (κ2) is 3.69. The van der Waals surface area contributed by atoms with Crippen LogP contribution in [0, 0.1) is 5.41 Å². The summed E-state index contributed by atoms with van der Waals surface area (Å²) in [6.07, 6.45) is 5.42. The molecule has 0 bridgehead atoms. The van der Waals surface area contributed by atoms with E-state index in [4.69, 9.17) is 0 Å². The van der Waals surface area contributed by atoms with Gasteiger partial charge in [-0.25, -0.2) is 4.98 Å². The summed E-state index contributed by atoms with van der Waals surface area (Å²) in [4.78, 5) is 4.08. The van der Waals surface area contributed by atoms with Gasteiger partial charge in [0.2, 0.25) is 0 Å². The Kier molecular flexibility index (Phi) is 2.54. The van der Waals surface area contributed by atoms with E-state index in [1.54, 1.807) is 6.33 Å². The van der Waals surface area contributed by atoms with Crippen molar-refractivity contribution in [1.29, 1.82) is 0 Å². The van der Waals surface area contributed by atoms with E-state index in [2.05, 4.69) is 34.3 Å². The summed E-state index contributed by atoms with van der Waals surface area (Å²) in [7, 11) is 0. The summed E-state index contributed by atoms with van der Waals surface area (Å²) in [6.45, 7) is 5.48. The van der Waals surface area contributed by atoms with Crippen molar-refractivity contribution < 1.29 is 0 Å². The quantitative estimate of drug-likeness (QED) is 0.766. The molecule has 1 atom stereocenters. The van der Waals surface area contributed by atoms with Gasteiger partial charge in [-0.15, -0.1) is 0 Å². The van der Waals surface area contributed by atoms with Gasteiger partial charge >= 0.3 is 0 Å². The SMILES string of the molecule is CC1(C)CCC(NCc2ncn[nH]2)C1. The van der Waals surface area contributed by atoms with Crippen molar-refractivity contribution in [3.8, 4) is 0 Å². The lowest BCUT2D eigenvalue weighted by atomic mass is 9.92. The first-order valence-electron chi connectivity index (χ1n) is 5.23. The first kappa shape index (κ1) is 9.65. The molecule has 2 rings (SSSR count). The summed E-state index contributed by atoms with van der Waals surface area (Å²) in [6, 6.07) is 0.648. The molecule has 4 nitrogen and oxygen atoms in total. The van der Waals surface area contributed by atoms with Crippen molar-refractivity contribution in [2.75, 3.05) is 0 Å². The van der Waals surface area contributed by atoms with Crippen molar-refractivity contribution >= 4 is 0 Å². The highest BCUT2D eigenvalue weighted by molar-refractivity contribution is 4.88. The van der Waals surface area contributed by atoms with Gasteiger partial charge in [-0.1, -0.05) is 13.8 Å². The number of nitrogens with one attached hydrogen (secondary N) is 2. The van der Waals surface area contributed by atoms with Crippen LogP contribution in [-0.2, 0) is 6.54 Å². The molecule has 0 spiro atoms. The first-order valence-corrected chi connectivity index (χ1v) is 5.23. The number of nitrogens with zero attached hydrogens (tertiary/aromatic N) is 2. The molecule has 0 aliphatic heterocycles.